The first-order chi connectivity index (χ1) is 7.10. The lowest BCUT2D eigenvalue weighted by atomic mass is 10.1. The largest absolute Gasteiger partial charge is 0.376 e. The molecule has 0 spiro atoms. The summed E-state index contributed by atoms with van der Waals surface area (Å²) in [5.41, 5.74) is -0.359. The second-order valence-electron chi connectivity index (χ2n) is 6.00. The van der Waals surface area contributed by atoms with Gasteiger partial charge in [0.2, 0.25) is 0 Å². The Labute approximate surface area is 99.5 Å². The van der Waals surface area contributed by atoms with Crippen molar-refractivity contribution in [2.75, 3.05) is 13.2 Å². The summed E-state index contributed by atoms with van der Waals surface area (Å²) in [5, 5.41) is 0. The Balaban J connectivity index is 3.52. The van der Waals surface area contributed by atoms with Gasteiger partial charge in [-0.05, 0) is 48.0 Å². The molecular weight excluding hydrogens is 204 g/mol. The van der Waals surface area contributed by atoms with Crippen molar-refractivity contribution in [2.45, 2.75) is 65.6 Å². The quantitative estimate of drug-likeness (QED) is 0.658. The number of hydrogen-bond donors (Lipinski definition) is 0. The van der Waals surface area contributed by atoms with Gasteiger partial charge >= 0.3 is 0 Å². The number of rotatable bonds is 6. The van der Waals surface area contributed by atoms with E-state index in [4.69, 9.17) is 9.47 Å². The molecule has 0 aromatic carbocycles. The molecule has 0 atom stereocenters. The van der Waals surface area contributed by atoms with Crippen LogP contribution >= 0.6 is 0 Å². The van der Waals surface area contributed by atoms with Gasteiger partial charge in [0.1, 0.15) is 6.61 Å². The molecular formula is C13H26O3. The third kappa shape index (κ3) is 11.7. The molecule has 3 nitrogen and oxygen atoms in total. The number of carbonyl (C=O) groups is 1. The molecule has 0 aliphatic heterocycles. The summed E-state index contributed by atoms with van der Waals surface area (Å²) >= 11 is 0. The van der Waals surface area contributed by atoms with E-state index in [9.17, 15) is 4.79 Å². The standard InChI is InChI=1S/C13H26O3/c1-12(2,3)15-9-7-8-11(14)10-16-13(4,5)6/h7-10H2,1-6H3. The van der Waals surface area contributed by atoms with E-state index in [1.807, 2.05) is 41.5 Å². The van der Waals surface area contributed by atoms with Crippen molar-refractivity contribution in [1.82, 2.24) is 0 Å². The molecule has 0 fully saturated rings. The normalized spacial score (nSPS) is 12.9. The first kappa shape index (κ1) is 15.6. The van der Waals surface area contributed by atoms with Gasteiger partial charge < -0.3 is 9.47 Å². The fraction of sp³-hybridized carbons (Fsp3) is 0.923. The van der Waals surface area contributed by atoms with E-state index in [1.165, 1.54) is 0 Å². The summed E-state index contributed by atoms with van der Waals surface area (Å²) in [6, 6.07) is 0. The number of hydrogen-bond acceptors (Lipinski definition) is 3. The molecule has 0 saturated carbocycles. The highest BCUT2D eigenvalue weighted by Gasteiger charge is 2.13. The number of Topliss-reactive ketones (excluding diaryl/α,β-unsaturated/α-hetero) is 1. The Hall–Kier alpha value is -0.410. The lowest BCUT2D eigenvalue weighted by molar-refractivity contribution is -0.129. The van der Waals surface area contributed by atoms with E-state index in [2.05, 4.69) is 0 Å². The average Bonchev–Trinajstić information content (AvgIpc) is 2.06. The van der Waals surface area contributed by atoms with Crippen LogP contribution in [0.2, 0.25) is 0 Å². The molecule has 0 heterocycles. The Morgan fingerprint density at radius 1 is 0.938 bits per heavy atom. The molecule has 0 bridgehead atoms. The highest BCUT2D eigenvalue weighted by Crippen LogP contribution is 2.09. The van der Waals surface area contributed by atoms with Crippen LogP contribution in [0.4, 0.5) is 0 Å². The van der Waals surface area contributed by atoms with Crippen LogP contribution in [0.3, 0.4) is 0 Å². The fourth-order valence-electron chi connectivity index (χ4n) is 1.02. The Morgan fingerprint density at radius 2 is 1.44 bits per heavy atom. The number of ether oxygens (including phenoxy) is 2. The molecule has 96 valence electrons. The molecule has 16 heavy (non-hydrogen) atoms. The van der Waals surface area contributed by atoms with Gasteiger partial charge in [-0.25, -0.2) is 0 Å². The minimum Gasteiger partial charge on any atom is -0.376 e. The van der Waals surface area contributed by atoms with Gasteiger partial charge in [0, 0.05) is 13.0 Å². The summed E-state index contributed by atoms with van der Waals surface area (Å²) < 4.78 is 10.9. The topological polar surface area (TPSA) is 35.5 Å². The molecule has 3 heteroatoms. The smallest absolute Gasteiger partial charge is 0.158 e. The fourth-order valence-corrected chi connectivity index (χ4v) is 1.02. The van der Waals surface area contributed by atoms with Crippen molar-refractivity contribution in [1.29, 1.82) is 0 Å². The van der Waals surface area contributed by atoms with E-state index in [1.54, 1.807) is 0 Å². The second kappa shape index (κ2) is 6.36. The predicted octanol–water partition coefficient (Wildman–Crippen LogP) is 2.97. The summed E-state index contributed by atoms with van der Waals surface area (Å²) in [4.78, 5) is 11.4. The van der Waals surface area contributed by atoms with E-state index >= 15 is 0 Å². The van der Waals surface area contributed by atoms with Crippen LogP contribution in [0, 0.1) is 0 Å². The van der Waals surface area contributed by atoms with Crippen molar-refractivity contribution in [3.63, 3.8) is 0 Å². The average molecular weight is 230 g/mol. The van der Waals surface area contributed by atoms with Gasteiger partial charge in [-0.2, -0.15) is 0 Å². The Morgan fingerprint density at radius 3 is 1.88 bits per heavy atom. The second-order valence-corrected chi connectivity index (χ2v) is 6.00. The summed E-state index contributed by atoms with van der Waals surface area (Å²) in [6.07, 6.45) is 1.30. The van der Waals surface area contributed by atoms with Gasteiger partial charge in [-0.15, -0.1) is 0 Å². The molecule has 0 aliphatic carbocycles. The van der Waals surface area contributed by atoms with Crippen molar-refractivity contribution in [2.24, 2.45) is 0 Å². The molecule has 0 radical (unpaired) electrons. The van der Waals surface area contributed by atoms with Crippen LogP contribution in [0.25, 0.3) is 0 Å². The molecule has 0 unspecified atom stereocenters. The molecule has 0 amide bonds. The van der Waals surface area contributed by atoms with Crippen LogP contribution in [0.15, 0.2) is 0 Å². The minimum absolute atomic E-state index is 0.120. The molecule has 0 aromatic heterocycles. The molecule has 0 N–H and O–H groups in total. The van der Waals surface area contributed by atoms with Gasteiger partial charge in [-0.3, -0.25) is 4.79 Å². The van der Waals surface area contributed by atoms with Crippen molar-refractivity contribution in [3.8, 4) is 0 Å². The first-order valence-corrected chi connectivity index (χ1v) is 5.90. The highest BCUT2D eigenvalue weighted by molar-refractivity contribution is 5.79. The lowest BCUT2D eigenvalue weighted by Crippen LogP contribution is -2.24. The third-order valence-electron chi connectivity index (χ3n) is 1.80. The van der Waals surface area contributed by atoms with Gasteiger partial charge in [0.05, 0.1) is 11.2 Å². The maximum atomic E-state index is 11.4. The van der Waals surface area contributed by atoms with Gasteiger partial charge in [-0.1, -0.05) is 0 Å². The number of carbonyl (C=O) groups excluding carboxylic acids is 1. The molecule has 0 rings (SSSR count). The van der Waals surface area contributed by atoms with E-state index in [0.29, 0.717) is 13.0 Å². The van der Waals surface area contributed by atoms with Crippen LogP contribution in [-0.2, 0) is 14.3 Å². The minimum atomic E-state index is -0.239. The third-order valence-corrected chi connectivity index (χ3v) is 1.80. The van der Waals surface area contributed by atoms with Crippen LogP contribution in [0.5, 0.6) is 0 Å². The maximum absolute atomic E-state index is 11.4. The lowest BCUT2D eigenvalue weighted by Gasteiger charge is -2.20. The zero-order valence-electron chi connectivity index (χ0n) is 11.6. The van der Waals surface area contributed by atoms with Crippen molar-refractivity contribution < 1.29 is 14.3 Å². The molecule has 0 saturated heterocycles. The zero-order valence-corrected chi connectivity index (χ0v) is 11.6. The summed E-state index contributed by atoms with van der Waals surface area (Å²) in [6.45, 7) is 12.7. The Kier molecular flexibility index (Phi) is 6.19. The van der Waals surface area contributed by atoms with E-state index in [-0.39, 0.29) is 23.6 Å². The highest BCUT2D eigenvalue weighted by atomic mass is 16.5. The monoisotopic (exact) mass is 230 g/mol. The van der Waals surface area contributed by atoms with E-state index < -0.39 is 0 Å². The van der Waals surface area contributed by atoms with Gasteiger partial charge in [0.25, 0.3) is 0 Å². The van der Waals surface area contributed by atoms with Crippen LogP contribution in [-0.4, -0.2) is 30.2 Å². The predicted molar refractivity (Wildman–Crippen MR) is 65.7 cm³/mol. The molecule has 0 aromatic rings. The van der Waals surface area contributed by atoms with Crippen molar-refractivity contribution >= 4 is 5.78 Å². The molecule has 0 aliphatic rings. The van der Waals surface area contributed by atoms with Gasteiger partial charge in [0.15, 0.2) is 5.78 Å². The summed E-state index contributed by atoms with van der Waals surface area (Å²) in [7, 11) is 0. The first-order valence-electron chi connectivity index (χ1n) is 5.90. The van der Waals surface area contributed by atoms with Crippen molar-refractivity contribution in [3.05, 3.63) is 0 Å². The maximum Gasteiger partial charge on any atom is 0.158 e. The summed E-state index contributed by atoms with van der Waals surface area (Å²) in [5.74, 6) is 0.146. The Bertz CT molecular complexity index is 208. The number of ketones is 1. The SMILES string of the molecule is CC(C)(C)OCCCC(=O)COC(C)(C)C. The zero-order chi connectivity index (χ0) is 12.8. The van der Waals surface area contributed by atoms with Crippen LogP contribution < -0.4 is 0 Å². The van der Waals surface area contributed by atoms with Crippen LogP contribution in [0.1, 0.15) is 54.4 Å². The van der Waals surface area contributed by atoms with E-state index in [0.717, 1.165) is 6.42 Å².